The van der Waals surface area contributed by atoms with Crippen molar-refractivity contribution in [1.29, 1.82) is 0 Å². The van der Waals surface area contributed by atoms with Gasteiger partial charge in [0.2, 0.25) is 0 Å². The van der Waals surface area contributed by atoms with Crippen LogP contribution >= 0.6 is 0 Å². The molecule has 5 nitrogen and oxygen atoms in total. The van der Waals surface area contributed by atoms with Gasteiger partial charge in [-0.2, -0.15) is 0 Å². The van der Waals surface area contributed by atoms with Gasteiger partial charge in [-0.3, -0.25) is 4.79 Å². The summed E-state index contributed by atoms with van der Waals surface area (Å²) in [6.45, 7) is 4.22. The number of nitrogens with one attached hydrogen (secondary N) is 2. The highest BCUT2D eigenvalue weighted by molar-refractivity contribution is 6.03. The fraction of sp³-hybridized carbons (Fsp3) is 0.150. The molecule has 0 saturated heterocycles. The Kier molecular flexibility index (Phi) is 5.22. The summed E-state index contributed by atoms with van der Waals surface area (Å²) in [6.07, 6.45) is 1.32. The van der Waals surface area contributed by atoms with E-state index in [9.17, 15) is 9.18 Å². The van der Waals surface area contributed by atoms with Gasteiger partial charge in [-0.25, -0.2) is 14.4 Å². The quantitative estimate of drug-likeness (QED) is 0.698. The van der Waals surface area contributed by atoms with Crippen LogP contribution in [-0.2, 0) is 0 Å². The number of nitrogens with zero attached hydrogens (tertiary/aromatic N) is 2. The molecule has 1 aromatic heterocycles. The minimum Gasteiger partial charge on any atom is -0.340 e. The van der Waals surface area contributed by atoms with Crippen molar-refractivity contribution in [3.63, 3.8) is 0 Å². The lowest BCUT2D eigenvalue weighted by Crippen LogP contribution is -2.14. The Hall–Kier alpha value is -3.28. The lowest BCUT2D eigenvalue weighted by molar-refractivity contribution is 0.102. The van der Waals surface area contributed by atoms with E-state index in [2.05, 4.69) is 34.4 Å². The van der Waals surface area contributed by atoms with Crippen molar-refractivity contribution >= 4 is 23.1 Å². The number of halogens is 1. The van der Waals surface area contributed by atoms with Crippen LogP contribution in [0.3, 0.4) is 0 Å². The summed E-state index contributed by atoms with van der Waals surface area (Å²) in [4.78, 5) is 20.5. The second-order valence-corrected chi connectivity index (χ2v) is 6.12. The summed E-state index contributed by atoms with van der Waals surface area (Å²) < 4.78 is 13.2. The molecule has 6 heteroatoms. The van der Waals surface area contributed by atoms with E-state index in [0.717, 1.165) is 11.3 Å². The van der Waals surface area contributed by atoms with Crippen molar-refractivity contribution in [2.45, 2.75) is 19.8 Å². The predicted octanol–water partition coefficient (Wildman–Crippen LogP) is 4.74. The van der Waals surface area contributed by atoms with Crippen LogP contribution in [0.1, 0.15) is 35.8 Å². The summed E-state index contributed by atoms with van der Waals surface area (Å²) in [5.74, 6) is 0.00473. The SMILES string of the molecule is CC(C)c1ccccc1Nc1cc(C(=O)Nc2cccc(F)c2)ncn1. The molecule has 2 aromatic carbocycles. The molecule has 0 atom stereocenters. The molecular formula is C20H19FN4O. The van der Waals surface area contributed by atoms with Gasteiger partial charge in [-0.05, 0) is 35.7 Å². The Labute approximate surface area is 151 Å². The van der Waals surface area contributed by atoms with Crippen molar-refractivity contribution in [1.82, 2.24) is 9.97 Å². The summed E-state index contributed by atoms with van der Waals surface area (Å²) in [5, 5.41) is 5.85. The molecule has 1 heterocycles. The van der Waals surface area contributed by atoms with Gasteiger partial charge in [-0.15, -0.1) is 0 Å². The van der Waals surface area contributed by atoms with Crippen molar-refractivity contribution in [3.05, 3.63) is 78.0 Å². The normalized spacial score (nSPS) is 10.6. The zero-order chi connectivity index (χ0) is 18.5. The number of rotatable bonds is 5. The smallest absolute Gasteiger partial charge is 0.274 e. The molecule has 2 N–H and O–H groups in total. The third-order valence-electron chi connectivity index (χ3n) is 3.83. The van der Waals surface area contributed by atoms with Gasteiger partial charge in [0.05, 0.1) is 0 Å². The van der Waals surface area contributed by atoms with Gasteiger partial charge in [0.15, 0.2) is 0 Å². The van der Waals surface area contributed by atoms with Crippen LogP contribution < -0.4 is 10.6 Å². The van der Waals surface area contributed by atoms with Crippen LogP contribution in [-0.4, -0.2) is 15.9 Å². The van der Waals surface area contributed by atoms with Crippen LogP contribution in [0.4, 0.5) is 21.6 Å². The highest BCUT2D eigenvalue weighted by Gasteiger charge is 2.11. The fourth-order valence-electron chi connectivity index (χ4n) is 2.56. The standard InChI is InChI=1S/C20H19FN4O/c1-13(2)16-8-3-4-9-17(16)25-19-11-18(22-12-23-19)20(26)24-15-7-5-6-14(21)10-15/h3-13H,1-2H3,(H,24,26)(H,22,23,25). The molecule has 3 rings (SSSR count). The lowest BCUT2D eigenvalue weighted by Gasteiger charge is -2.14. The van der Waals surface area contributed by atoms with E-state index in [1.165, 1.54) is 24.5 Å². The highest BCUT2D eigenvalue weighted by atomic mass is 19.1. The maximum atomic E-state index is 13.2. The van der Waals surface area contributed by atoms with Crippen molar-refractivity contribution < 1.29 is 9.18 Å². The molecule has 0 aliphatic carbocycles. The van der Waals surface area contributed by atoms with Gasteiger partial charge >= 0.3 is 0 Å². The maximum absolute atomic E-state index is 13.2. The Balaban J connectivity index is 1.79. The summed E-state index contributed by atoms with van der Waals surface area (Å²) in [5.41, 5.74) is 2.64. The molecular weight excluding hydrogens is 331 g/mol. The topological polar surface area (TPSA) is 66.9 Å². The molecule has 26 heavy (non-hydrogen) atoms. The molecule has 0 radical (unpaired) electrons. The maximum Gasteiger partial charge on any atom is 0.274 e. The molecule has 0 aliphatic heterocycles. The Bertz CT molecular complexity index is 927. The first kappa shape index (κ1) is 17.5. The molecule has 1 amide bonds. The van der Waals surface area contributed by atoms with E-state index in [-0.39, 0.29) is 5.69 Å². The van der Waals surface area contributed by atoms with E-state index < -0.39 is 11.7 Å². The monoisotopic (exact) mass is 350 g/mol. The van der Waals surface area contributed by atoms with Gasteiger partial charge in [0, 0.05) is 17.4 Å². The first-order valence-corrected chi connectivity index (χ1v) is 8.28. The van der Waals surface area contributed by atoms with E-state index in [0.29, 0.717) is 17.4 Å². The molecule has 0 aliphatic rings. The van der Waals surface area contributed by atoms with E-state index in [1.807, 2.05) is 24.3 Å². The van der Waals surface area contributed by atoms with Crippen LogP contribution in [0.2, 0.25) is 0 Å². The average Bonchev–Trinajstić information content (AvgIpc) is 2.62. The van der Waals surface area contributed by atoms with Crippen LogP contribution in [0.5, 0.6) is 0 Å². The number of benzene rings is 2. The van der Waals surface area contributed by atoms with Crippen molar-refractivity contribution in [2.75, 3.05) is 10.6 Å². The first-order chi connectivity index (χ1) is 12.5. The third-order valence-corrected chi connectivity index (χ3v) is 3.83. The minimum absolute atomic E-state index is 0.189. The largest absolute Gasteiger partial charge is 0.340 e. The minimum atomic E-state index is -0.432. The molecule has 0 bridgehead atoms. The number of carbonyl (C=O) groups excluding carboxylic acids is 1. The third kappa shape index (κ3) is 4.22. The molecule has 0 spiro atoms. The second kappa shape index (κ2) is 7.74. The lowest BCUT2D eigenvalue weighted by atomic mass is 10.0. The molecule has 0 saturated carbocycles. The van der Waals surface area contributed by atoms with Gasteiger partial charge in [0.1, 0.15) is 23.7 Å². The molecule has 3 aromatic rings. The summed E-state index contributed by atoms with van der Waals surface area (Å²) >= 11 is 0. The number of aromatic nitrogens is 2. The van der Waals surface area contributed by atoms with Gasteiger partial charge < -0.3 is 10.6 Å². The molecule has 0 fully saturated rings. The van der Waals surface area contributed by atoms with E-state index >= 15 is 0 Å². The van der Waals surface area contributed by atoms with Crippen LogP contribution in [0, 0.1) is 5.82 Å². The molecule has 0 unspecified atom stereocenters. The number of anilines is 3. The van der Waals surface area contributed by atoms with Gasteiger partial charge in [-0.1, -0.05) is 38.1 Å². The Morgan fingerprint density at radius 2 is 1.85 bits per heavy atom. The number of carbonyl (C=O) groups is 1. The van der Waals surface area contributed by atoms with E-state index in [4.69, 9.17) is 0 Å². The first-order valence-electron chi connectivity index (χ1n) is 8.28. The summed E-state index contributed by atoms with van der Waals surface area (Å²) in [7, 11) is 0. The Morgan fingerprint density at radius 1 is 1.04 bits per heavy atom. The zero-order valence-electron chi connectivity index (χ0n) is 14.5. The second-order valence-electron chi connectivity index (χ2n) is 6.12. The van der Waals surface area contributed by atoms with Crippen molar-refractivity contribution in [2.24, 2.45) is 0 Å². The highest BCUT2D eigenvalue weighted by Crippen LogP contribution is 2.26. The average molecular weight is 350 g/mol. The number of amides is 1. The number of para-hydroxylation sites is 1. The van der Waals surface area contributed by atoms with Crippen molar-refractivity contribution in [3.8, 4) is 0 Å². The van der Waals surface area contributed by atoms with E-state index in [1.54, 1.807) is 12.1 Å². The van der Waals surface area contributed by atoms with Gasteiger partial charge in [0.25, 0.3) is 5.91 Å². The predicted molar refractivity (Wildman–Crippen MR) is 100 cm³/mol. The number of hydrogen-bond acceptors (Lipinski definition) is 4. The van der Waals surface area contributed by atoms with Crippen LogP contribution in [0.25, 0.3) is 0 Å². The summed E-state index contributed by atoms with van der Waals surface area (Å²) in [6, 6.07) is 15.2. The molecule has 132 valence electrons. The zero-order valence-corrected chi connectivity index (χ0v) is 14.5. The Morgan fingerprint density at radius 3 is 2.62 bits per heavy atom. The van der Waals surface area contributed by atoms with Crippen LogP contribution in [0.15, 0.2) is 60.9 Å². The number of hydrogen-bond donors (Lipinski definition) is 2. The fourth-order valence-corrected chi connectivity index (χ4v) is 2.56.